The van der Waals surface area contributed by atoms with Crippen LogP contribution in [0, 0.1) is 20.2 Å². The van der Waals surface area contributed by atoms with E-state index >= 15 is 0 Å². The summed E-state index contributed by atoms with van der Waals surface area (Å²) in [5.74, 6) is -2.79. The second-order valence-electron chi connectivity index (χ2n) is 24.2. The third-order valence-corrected chi connectivity index (χ3v) is 18.7. The van der Waals surface area contributed by atoms with Crippen LogP contribution in [0.15, 0.2) is 200 Å². The van der Waals surface area contributed by atoms with E-state index < -0.39 is 50.7 Å². The summed E-state index contributed by atoms with van der Waals surface area (Å²) in [5, 5.41) is 48.1. The van der Waals surface area contributed by atoms with Crippen molar-refractivity contribution in [2.75, 3.05) is 64.9 Å². The number of benzene rings is 8. The monoisotopic (exact) mass is 1420 g/mol. The SMILES string of the molecule is C1CCN(C2CCNCC2)C1.O=C(Cc1ccc(-c2ccccc2)cc1)N1CCC(N2CCCC2)CC1.O=C(Cc1ccc(-c2ccccc2)cc1)Oc1ccc(C(=O)NCP=S)cc1[N+](=O)[O-].O=C(NCP=S)c1ccc(O)c([N+](=O)[O-])c1.O=C(O)Cc1ccc(-c2ccccc2)cc1. The molecule has 5 N–H and O–H groups in total. The third kappa shape index (κ3) is 24.5. The summed E-state index contributed by atoms with van der Waals surface area (Å²) < 4.78 is 5.21. The Morgan fingerprint density at radius 1 is 0.490 bits per heavy atom. The number of aliphatic carboxylic acids is 1. The summed E-state index contributed by atoms with van der Waals surface area (Å²) in [6, 6.07) is 62.4. The van der Waals surface area contributed by atoms with E-state index in [4.69, 9.17) is 21.7 Å². The number of aromatic hydroxyl groups is 1. The van der Waals surface area contributed by atoms with E-state index in [-0.39, 0.29) is 41.9 Å². The van der Waals surface area contributed by atoms with Gasteiger partial charge in [-0.15, -0.1) is 0 Å². The molecule has 4 aliphatic heterocycles. The van der Waals surface area contributed by atoms with Crippen LogP contribution in [-0.4, -0.2) is 141 Å². The average molecular weight is 1430 g/mol. The topological polar surface area (TPSA) is 267 Å². The molecule has 520 valence electrons. The number of phenols is 1. The minimum absolute atomic E-state index is 0.0492. The summed E-state index contributed by atoms with van der Waals surface area (Å²) in [6.07, 6.45) is 11.7. The maximum Gasteiger partial charge on any atom is 0.315 e. The standard InChI is InChI=1S/C23H28N2O.C22H17N2O5PS.C14H12O2.C9H18N2.C8H7N2O4PS/c26-23(25-16-12-22(13-17-25)24-14-4-5-15-24)18-19-8-10-21(11-9-19)20-6-2-1-3-7-20;25-21(12-15-6-8-17(9-7-15)16-4-2-1-3-5-16)29-20-11-10-18(13-19(20)24(27)28)22(26)23-14-30-31;15-14(16)10-11-6-8-13(9-7-11)12-4-2-1-3-5-12;1-2-8-11(7-1)9-3-5-10-6-4-9;11-7-2-1-5(3-6(7)10(13)14)8(12)9-4-15-16/h1-3,6-11,22H,4-5,12-18H2;1-11,13H,12,14H2,(H,23,26);1-9H,10H2,(H,15,16);9-10H,1-8H2;1-3,11H,4H2,(H,9,12). The molecule has 20 nitrogen and oxygen atoms in total. The number of amides is 3. The highest BCUT2D eigenvalue weighted by atomic mass is 32.4. The zero-order valence-electron chi connectivity index (χ0n) is 55.5. The predicted molar refractivity (Wildman–Crippen MR) is 398 cm³/mol. The smallest absolute Gasteiger partial charge is 0.315 e. The Labute approximate surface area is 596 Å². The Morgan fingerprint density at radius 2 is 0.870 bits per heavy atom. The molecule has 4 fully saturated rings. The number of nitrogens with zero attached hydrogens (tertiary/aromatic N) is 5. The number of rotatable bonds is 20. The molecule has 4 aliphatic rings. The normalized spacial score (nSPS) is 14.6. The van der Waals surface area contributed by atoms with E-state index in [0.717, 1.165) is 83.6 Å². The average Bonchev–Trinajstić information content (AvgIpc) is 0.904. The lowest BCUT2D eigenvalue weighted by Gasteiger charge is -2.36. The summed E-state index contributed by atoms with van der Waals surface area (Å²) in [4.78, 5) is 86.8. The van der Waals surface area contributed by atoms with Gasteiger partial charge in [0.05, 0.1) is 41.7 Å². The van der Waals surface area contributed by atoms with Gasteiger partial charge in [-0.3, -0.25) is 44.2 Å². The van der Waals surface area contributed by atoms with Crippen molar-refractivity contribution in [3.05, 3.63) is 248 Å². The van der Waals surface area contributed by atoms with E-state index in [1.54, 1.807) is 0 Å². The van der Waals surface area contributed by atoms with Crippen molar-refractivity contribution < 1.29 is 48.8 Å². The van der Waals surface area contributed by atoms with Crippen molar-refractivity contribution in [2.24, 2.45) is 0 Å². The molecule has 4 heterocycles. The summed E-state index contributed by atoms with van der Waals surface area (Å²) in [7, 11) is 1.13. The number of carboxylic acids is 1. The molecule has 24 heteroatoms. The first-order valence-corrected chi connectivity index (χ1v) is 37.5. The van der Waals surface area contributed by atoms with Crippen molar-refractivity contribution in [3.8, 4) is 44.9 Å². The van der Waals surface area contributed by atoms with Crippen molar-refractivity contribution in [1.29, 1.82) is 0 Å². The van der Waals surface area contributed by atoms with Gasteiger partial charge in [-0.2, -0.15) is 0 Å². The number of esters is 1. The number of likely N-dealkylation sites (tertiary alicyclic amines) is 3. The number of carbonyl (C=O) groups is 5. The van der Waals surface area contributed by atoms with Crippen LogP contribution in [-0.2, 0) is 57.3 Å². The number of nitro groups is 2. The maximum absolute atomic E-state index is 12.7. The molecule has 100 heavy (non-hydrogen) atoms. The van der Waals surface area contributed by atoms with Crippen molar-refractivity contribution in [2.45, 2.75) is 82.7 Å². The lowest BCUT2D eigenvalue weighted by Crippen LogP contribution is -2.46. The van der Waals surface area contributed by atoms with Gasteiger partial charge < -0.3 is 45.6 Å². The minimum Gasteiger partial charge on any atom is -0.502 e. The summed E-state index contributed by atoms with van der Waals surface area (Å²) in [5.41, 5.74) is 8.63. The molecule has 3 amide bonds. The maximum atomic E-state index is 12.7. The van der Waals surface area contributed by atoms with Crippen LogP contribution in [0.3, 0.4) is 0 Å². The van der Waals surface area contributed by atoms with E-state index in [2.05, 4.69) is 91.0 Å². The van der Waals surface area contributed by atoms with E-state index in [0.29, 0.717) is 39.0 Å². The number of hydrogen-bond acceptors (Lipinski definition) is 16. The Kier molecular flexibility index (Phi) is 31.0. The van der Waals surface area contributed by atoms with Gasteiger partial charge in [0.25, 0.3) is 11.8 Å². The van der Waals surface area contributed by atoms with Crippen LogP contribution in [0.4, 0.5) is 11.4 Å². The predicted octanol–water partition coefficient (Wildman–Crippen LogP) is 13.7. The fourth-order valence-corrected chi connectivity index (χ4v) is 12.9. The van der Waals surface area contributed by atoms with Gasteiger partial charge in [0.1, 0.15) is 0 Å². The van der Waals surface area contributed by atoms with Crippen LogP contribution in [0.1, 0.15) is 88.8 Å². The quantitative estimate of drug-likeness (QED) is 0.0156. The van der Waals surface area contributed by atoms with Crippen LogP contribution in [0.5, 0.6) is 11.5 Å². The summed E-state index contributed by atoms with van der Waals surface area (Å²) in [6.45, 7) is 9.56. The van der Waals surface area contributed by atoms with E-state index in [9.17, 15) is 49.3 Å². The molecule has 8 aromatic carbocycles. The van der Waals surface area contributed by atoms with Crippen molar-refractivity contribution >= 4 is 79.4 Å². The molecule has 4 saturated heterocycles. The molecule has 0 spiro atoms. The zero-order chi connectivity index (χ0) is 71.0. The lowest BCUT2D eigenvalue weighted by molar-refractivity contribution is -0.385. The molecule has 0 unspecified atom stereocenters. The van der Waals surface area contributed by atoms with E-state index in [1.165, 1.54) is 107 Å². The second-order valence-corrected chi connectivity index (χ2v) is 26.9. The second kappa shape index (κ2) is 40.6. The summed E-state index contributed by atoms with van der Waals surface area (Å²) >= 11 is 9.35. The fraction of sp³-hybridized carbons (Fsp3) is 0.303. The molecule has 0 saturated carbocycles. The number of nitro benzene ring substituents is 2. The molecule has 12 rings (SSSR count). The molecule has 0 radical (unpaired) electrons. The third-order valence-electron chi connectivity index (χ3n) is 17.4. The number of phenolic OH excluding ortho intramolecular Hbond substituents is 1. The van der Waals surface area contributed by atoms with Gasteiger partial charge in [-0.1, -0.05) is 187 Å². The molecule has 0 atom stereocenters. The number of carbonyl (C=O) groups excluding carboxylic acids is 4. The molecule has 8 aromatic rings. The van der Waals surface area contributed by atoms with Gasteiger partial charge in [-0.25, -0.2) is 0 Å². The highest BCUT2D eigenvalue weighted by Gasteiger charge is 2.29. The Hall–Kier alpha value is -9.37. The highest BCUT2D eigenvalue weighted by molar-refractivity contribution is 7.96. The van der Waals surface area contributed by atoms with Gasteiger partial charge in [0, 0.05) is 48.4 Å². The van der Waals surface area contributed by atoms with Crippen molar-refractivity contribution in [1.82, 2.24) is 30.7 Å². The molecule has 0 aliphatic carbocycles. The number of ether oxygens (including phenoxy) is 1. The lowest BCUT2D eigenvalue weighted by atomic mass is 10.0. The number of nitrogens with one attached hydrogen (secondary N) is 3. The molecular formula is C76H82N8O12P2S2. The van der Waals surface area contributed by atoms with Crippen LogP contribution >= 0.6 is 14.7 Å². The Bertz CT molecular complexity index is 3990. The number of hydrogen-bond donors (Lipinski definition) is 5. The zero-order valence-corrected chi connectivity index (χ0v) is 58.9. The Morgan fingerprint density at radius 3 is 1.28 bits per heavy atom. The first-order chi connectivity index (χ1) is 48.5. The molecular weight excluding hydrogens is 1340 g/mol. The van der Waals surface area contributed by atoms with Crippen LogP contribution in [0.25, 0.3) is 33.4 Å². The molecule has 0 bridgehead atoms. The first-order valence-electron chi connectivity index (χ1n) is 33.3. The largest absolute Gasteiger partial charge is 0.502 e. The van der Waals surface area contributed by atoms with E-state index in [1.807, 2.05) is 115 Å². The van der Waals surface area contributed by atoms with Crippen molar-refractivity contribution in [3.63, 3.8) is 0 Å². The van der Waals surface area contributed by atoms with Gasteiger partial charge in [0.2, 0.25) is 11.7 Å². The van der Waals surface area contributed by atoms with Crippen LogP contribution < -0.4 is 20.7 Å². The van der Waals surface area contributed by atoms with Gasteiger partial charge in [0.15, 0.2) is 5.75 Å². The number of carboxylic acid groups (broad SMARTS) is 1. The minimum atomic E-state index is -0.799. The van der Waals surface area contributed by atoms with Crippen LogP contribution in [0.2, 0.25) is 0 Å². The fourth-order valence-electron chi connectivity index (χ4n) is 12.1. The van der Waals surface area contributed by atoms with Gasteiger partial charge in [-0.05, 0) is 180 Å². The molecule has 0 aromatic heterocycles. The number of piperidine rings is 2. The van der Waals surface area contributed by atoms with Gasteiger partial charge >= 0.3 is 23.3 Å². The first kappa shape index (κ1) is 76.4. The highest BCUT2D eigenvalue weighted by Crippen LogP contribution is 2.31. The Balaban J connectivity index is 0.000000166.